The van der Waals surface area contributed by atoms with E-state index in [4.69, 9.17) is 9.47 Å². The van der Waals surface area contributed by atoms with Gasteiger partial charge in [0.1, 0.15) is 0 Å². The van der Waals surface area contributed by atoms with E-state index in [9.17, 15) is 5.11 Å². The fraction of sp³-hybridized carbons (Fsp3) is 1.00. The largest absolute Gasteiger partial charge is 0.389 e. The lowest BCUT2D eigenvalue weighted by atomic mass is 10.1. The quantitative estimate of drug-likeness (QED) is 0.553. The minimum atomic E-state index is -0.438. The number of ether oxygens (including phenoxy) is 2. The first-order valence-electron chi connectivity index (χ1n) is 6.05. The van der Waals surface area contributed by atoms with Crippen LogP contribution in [-0.2, 0) is 9.47 Å². The number of hydrogen-bond acceptors (Lipinski definition) is 4. The van der Waals surface area contributed by atoms with Crippen molar-refractivity contribution in [3.8, 4) is 0 Å². The van der Waals surface area contributed by atoms with Crippen LogP contribution in [0.25, 0.3) is 0 Å². The summed E-state index contributed by atoms with van der Waals surface area (Å²) in [5.41, 5.74) is 0. The van der Waals surface area contributed by atoms with Crippen molar-refractivity contribution in [3.63, 3.8) is 0 Å². The first-order valence-corrected chi connectivity index (χ1v) is 6.05. The first kappa shape index (κ1) is 15.8. The summed E-state index contributed by atoms with van der Waals surface area (Å²) in [6.45, 7) is 8.77. The summed E-state index contributed by atoms with van der Waals surface area (Å²) in [5.74, 6) is 0.697. The average molecular weight is 233 g/mol. The highest BCUT2D eigenvalue weighted by Gasteiger charge is 2.07. The van der Waals surface area contributed by atoms with E-state index in [1.165, 1.54) is 0 Å². The zero-order valence-corrected chi connectivity index (χ0v) is 11.0. The number of nitrogens with one attached hydrogen (secondary N) is 1. The number of hydrogen-bond donors (Lipinski definition) is 2. The van der Waals surface area contributed by atoms with Crippen LogP contribution >= 0.6 is 0 Å². The molecule has 0 spiro atoms. The Kier molecular flexibility index (Phi) is 9.92. The van der Waals surface area contributed by atoms with Gasteiger partial charge < -0.3 is 19.9 Å². The van der Waals surface area contributed by atoms with Crippen LogP contribution in [0.3, 0.4) is 0 Å². The molecule has 0 aliphatic rings. The van der Waals surface area contributed by atoms with Crippen molar-refractivity contribution in [3.05, 3.63) is 0 Å². The summed E-state index contributed by atoms with van der Waals surface area (Å²) < 4.78 is 10.3. The third-order valence-corrected chi connectivity index (χ3v) is 2.25. The fourth-order valence-electron chi connectivity index (χ4n) is 1.28. The van der Waals surface area contributed by atoms with Crippen molar-refractivity contribution in [2.45, 2.75) is 39.4 Å². The van der Waals surface area contributed by atoms with E-state index in [1.807, 2.05) is 6.92 Å². The molecule has 2 unspecified atom stereocenters. The van der Waals surface area contributed by atoms with Crippen molar-refractivity contribution in [2.75, 3.05) is 33.4 Å². The van der Waals surface area contributed by atoms with Crippen LogP contribution < -0.4 is 5.32 Å². The Labute approximate surface area is 99.3 Å². The molecule has 0 heterocycles. The zero-order valence-electron chi connectivity index (χ0n) is 11.0. The average Bonchev–Trinajstić information content (AvgIpc) is 2.22. The van der Waals surface area contributed by atoms with E-state index in [-0.39, 0.29) is 6.10 Å². The number of methoxy groups -OCH3 is 1. The molecule has 0 saturated heterocycles. The summed E-state index contributed by atoms with van der Waals surface area (Å²) >= 11 is 0. The summed E-state index contributed by atoms with van der Waals surface area (Å²) in [4.78, 5) is 0. The summed E-state index contributed by atoms with van der Waals surface area (Å²) in [5, 5.41) is 12.8. The molecule has 0 fully saturated rings. The molecule has 0 amide bonds. The van der Waals surface area contributed by atoms with Gasteiger partial charge >= 0.3 is 0 Å². The molecule has 0 bridgehead atoms. The molecule has 4 heteroatoms. The minimum Gasteiger partial charge on any atom is -0.389 e. The van der Waals surface area contributed by atoms with Crippen LogP contribution in [0, 0.1) is 5.92 Å². The Bertz CT molecular complexity index is 153. The first-order chi connectivity index (χ1) is 7.56. The van der Waals surface area contributed by atoms with Gasteiger partial charge in [0.2, 0.25) is 0 Å². The van der Waals surface area contributed by atoms with Crippen LogP contribution in [0.5, 0.6) is 0 Å². The van der Waals surface area contributed by atoms with Gasteiger partial charge in [0.25, 0.3) is 0 Å². The molecule has 0 aliphatic carbocycles. The zero-order chi connectivity index (χ0) is 12.4. The van der Waals surface area contributed by atoms with E-state index in [0.717, 1.165) is 13.0 Å². The molecule has 0 aromatic heterocycles. The van der Waals surface area contributed by atoms with Crippen LogP contribution in [0.2, 0.25) is 0 Å². The number of aliphatic hydroxyl groups is 1. The normalized spacial score (nSPS) is 15.4. The SMILES string of the molecule is COCC(C)OCC(O)CNCCC(C)C. The van der Waals surface area contributed by atoms with E-state index in [1.54, 1.807) is 7.11 Å². The van der Waals surface area contributed by atoms with Crippen molar-refractivity contribution in [1.82, 2.24) is 5.32 Å². The third-order valence-electron chi connectivity index (χ3n) is 2.25. The lowest BCUT2D eigenvalue weighted by Gasteiger charge is -2.16. The van der Waals surface area contributed by atoms with Crippen LogP contribution in [0.4, 0.5) is 0 Å². The molecule has 2 N–H and O–H groups in total. The predicted octanol–water partition coefficient (Wildman–Crippen LogP) is 1.03. The molecule has 0 aliphatic heterocycles. The lowest BCUT2D eigenvalue weighted by molar-refractivity contribution is -0.0310. The van der Waals surface area contributed by atoms with Crippen molar-refractivity contribution < 1.29 is 14.6 Å². The topological polar surface area (TPSA) is 50.7 Å². The summed E-state index contributed by atoms with van der Waals surface area (Å²) in [7, 11) is 1.64. The summed E-state index contributed by atoms with van der Waals surface area (Å²) in [6.07, 6.45) is 0.731. The van der Waals surface area contributed by atoms with Crippen molar-refractivity contribution in [2.24, 2.45) is 5.92 Å². The molecule has 4 nitrogen and oxygen atoms in total. The molecular formula is C12H27NO3. The van der Waals surface area contributed by atoms with Gasteiger partial charge in [0, 0.05) is 13.7 Å². The van der Waals surface area contributed by atoms with Crippen LogP contribution in [-0.4, -0.2) is 50.7 Å². The Morgan fingerprint density at radius 3 is 2.44 bits per heavy atom. The Hall–Kier alpha value is -0.160. The van der Waals surface area contributed by atoms with Gasteiger partial charge in [-0.2, -0.15) is 0 Å². The van der Waals surface area contributed by atoms with Gasteiger partial charge in [-0.1, -0.05) is 13.8 Å². The smallest absolute Gasteiger partial charge is 0.0897 e. The molecule has 0 aromatic carbocycles. The van der Waals surface area contributed by atoms with E-state index in [2.05, 4.69) is 19.2 Å². The molecule has 0 rings (SSSR count). The molecule has 98 valence electrons. The third kappa shape index (κ3) is 10.4. The second-order valence-electron chi connectivity index (χ2n) is 4.64. The highest BCUT2D eigenvalue weighted by atomic mass is 16.5. The molecule has 16 heavy (non-hydrogen) atoms. The van der Waals surface area contributed by atoms with Gasteiger partial charge in [-0.05, 0) is 25.8 Å². The highest BCUT2D eigenvalue weighted by molar-refractivity contribution is 4.60. The van der Waals surface area contributed by atoms with Gasteiger partial charge in [-0.3, -0.25) is 0 Å². The predicted molar refractivity (Wildman–Crippen MR) is 65.6 cm³/mol. The maximum Gasteiger partial charge on any atom is 0.0897 e. The van der Waals surface area contributed by atoms with E-state index in [0.29, 0.717) is 25.7 Å². The lowest BCUT2D eigenvalue weighted by Crippen LogP contribution is -2.33. The van der Waals surface area contributed by atoms with Gasteiger partial charge in [0.15, 0.2) is 0 Å². The Balaban J connectivity index is 3.33. The number of rotatable bonds is 10. The van der Waals surface area contributed by atoms with Crippen molar-refractivity contribution in [1.29, 1.82) is 0 Å². The van der Waals surface area contributed by atoms with Gasteiger partial charge in [-0.15, -0.1) is 0 Å². The Morgan fingerprint density at radius 2 is 1.88 bits per heavy atom. The van der Waals surface area contributed by atoms with Crippen LogP contribution in [0.15, 0.2) is 0 Å². The highest BCUT2D eigenvalue weighted by Crippen LogP contribution is 1.97. The van der Waals surface area contributed by atoms with E-state index >= 15 is 0 Å². The van der Waals surface area contributed by atoms with Crippen molar-refractivity contribution >= 4 is 0 Å². The summed E-state index contributed by atoms with van der Waals surface area (Å²) in [6, 6.07) is 0. The molecule has 0 saturated carbocycles. The molecular weight excluding hydrogens is 206 g/mol. The molecule has 0 aromatic rings. The standard InChI is InChI=1S/C12H27NO3/c1-10(2)5-6-13-7-12(14)9-16-11(3)8-15-4/h10-14H,5-9H2,1-4H3. The Morgan fingerprint density at radius 1 is 1.19 bits per heavy atom. The fourth-order valence-corrected chi connectivity index (χ4v) is 1.28. The second-order valence-corrected chi connectivity index (χ2v) is 4.64. The maximum absolute atomic E-state index is 9.60. The van der Waals surface area contributed by atoms with Gasteiger partial charge in [0.05, 0.1) is 25.4 Å². The monoisotopic (exact) mass is 233 g/mol. The number of aliphatic hydroxyl groups excluding tert-OH is 1. The maximum atomic E-state index is 9.60. The molecule has 2 atom stereocenters. The second kappa shape index (κ2) is 10.0. The minimum absolute atomic E-state index is 0.0373. The van der Waals surface area contributed by atoms with Crippen LogP contribution in [0.1, 0.15) is 27.2 Å². The van der Waals surface area contributed by atoms with Gasteiger partial charge in [-0.25, -0.2) is 0 Å². The van der Waals surface area contributed by atoms with E-state index < -0.39 is 6.10 Å². The molecule has 0 radical (unpaired) electrons.